The van der Waals surface area contributed by atoms with Gasteiger partial charge in [0.2, 0.25) is 0 Å². The summed E-state index contributed by atoms with van der Waals surface area (Å²) in [5.41, 5.74) is 7.09. The molecular weight excluding hydrogens is 448 g/mol. The molecule has 0 heterocycles. The lowest BCUT2D eigenvalue weighted by Gasteiger charge is -2.08. The molecule has 0 aliphatic carbocycles. The third-order valence-electron chi connectivity index (χ3n) is 4.33. The summed E-state index contributed by atoms with van der Waals surface area (Å²) in [5.74, 6) is 0. The van der Waals surface area contributed by atoms with Crippen LogP contribution in [0, 0.1) is 6.07 Å². The van der Waals surface area contributed by atoms with E-state index in [-0.39, 0.29) is 0 Å². The monoisotopic (exact) mass is 461 g/mol. The van der Waals surface area contributed by atoms with Crippen molar-refractivity contribution in [3.63, 3.8) is 0 Å². The number of hydrogen-bond acceptors (Lipinski definition) is 0. The maximum absolute atomic E-state index is 3.54. The molecule has 26 heavy (non-hydrogen) atoms. The van der Waals surface area contributed by atoms with E-state index in [0.717, 1.165) is 14.5 Å². The van der Waals surface area contributed by atoms with Gasteiger partial charge in [-0.25, -0.2) is 0 Å². The minimum atomic E-state index is 1.09. The summed E-state index contributed by atoms with van der Waals surface area (Å²) in [6.07, 6.45) is 0. The summed E-state index contributed by atoms with van der Waals surface area (Å²) in [5, 5.41) is 0. The molecule has 0 bridgehead atoms. The standard InChI is InChI=1S/C24H15Br2/c25-23-13-11-19(12-14-23)21-4-1-3-20(15-21)17-7-9-18(10-8-17)22-5-2-6-24(26)16-22/h1-2,4-16H. The van der Waals surface area contributed by atoms with E-state index in [1.807, 2.05) is 12.1 Å². The molecule has 125 valence electrons. The van der Waals surface area contributed by atoms with Crippen LogP contribution in [0.4, 0.5) is 0 Å². The fourth-order valence-corrected chi connectivity index (χ4v) is 3.63. The molecule has 0 aliphatic heterocycles. The lowest BCUT2D eigenvalue weighted by molar-refractivity contribution is 1.55. The number of halogens is 2. The Hall–Kier alpha value is -2.16. The number of benzene rings is 4. The van der Waals surface area contributed by atoms with Gasteiger partial charge in [-0.3, -0.25) is 0 Å². The van der Waals surface area contributed by atoms with Crippen LogP contribution < -0.4 is 0 Å². The zero-order valence-electron chi connectivity index (χ0n) is 13.9. The summed E-state index contributed by atoms with van der Waals surface area (Å²) >= 11 is 7.03. The molecule has 0 spiro atoms. The maximum Gasteiger partial charge on any atom is 0.0181 e. The van der Waals surface area contributed by atoms with Gasteiger partial charge in [0.05, 0.1) is 0 Å². The first-order chi connectivity index (χ1) is 12.7. The van der Waals surface area contributed by atoms with Crippen LogP contribution in [0.5, 0.6) is 0 Å². The van der Waals surface area contributed by atoms with Gasteiger partial charge in [0.25, 0.3) is 0 Å². The van der Waals surface area contributed by atoms with Crippen molar-refractivity contribution in [3.05, 3.63) is 106 Å². The molecule has 1 radical (unpaired) electrons. The average molecular weight is 463 g/mol. The van der Waals surface area contributed by atoms with Crippen molar-refractivity contribution in [2.24, 2.45) is 0 Å². The highest BCUT2D eigenvalue weighted by Crippen LogP contribution is 2.29. The summed E-state index contributed by atoms with van der Waals surface area (Å²) in [7, 11) is 0. The first kappa shape index (κ1) is 17.3. The van der Waals surface area contributed by atoms with Crippen molar-refractivity contribution < 1.29 is 0 Å². The van der Waals surface area contributed by atoms with Crippen molar-refractivity contribution in [1.82, 2.24) is 0 Å². The number of rotatable bonds is 3. The average Bonchev–Trinajstić information content (AvgIpc) is 2.69. The third kappa shape index (κ3) is 3.82. The molecule has 2 heteroatoms. The Morgan fingerprint density at radius 1 is 0.500 bits per heavy atom. The summed E-state index contributed by atoms with van der Waals surface area (Å²) in [6, 6.07) is 35.0. The van der Waals surface area contributed by atoms with Crippen LogP contribution in [0.3, 0.4) is 0 Å². The van der Waals surface area contributed by atoms with Gasteiger partial charge >= 0.3 is 0 Å². The van der Waals surface area contributed by atoms with Crippen molar-refractivity contribution in [3.8, 4) is 33.4 Å². The predicted octanol–water partition coefficient (Wildman–Crippen LogP) is 8.01. The van der Waals surface area contributed by atoms with Gasteiger partial charge in [-0.15, -0.1) is 0 Å². The topological polar surface area (TPSA) is 0 Å². The molecular formula is C24H15Br2. The van der Waals surface area contributed by atoms with Crippen LogP contribution >= 0.6 is 31.9 Å². The second-order valence-electron chi connectivity index (χ2n) is 6.09. The highest BCUT2D eigenvalue weighted by molar-refractivity contribution is 9.10. The fraction of sp³-hybridized carbons (Fsp3) is 0. The second kappa shape index (κ2) is 7.61. The molecule has 0 saturated carbocycles. The van der Waals surface area contributed by atoms with Crippen molar-refractivity contribution in [2.45, 2.75) is 0 Å². The summed E-state index contributed by atoms with van der Waals surface area (Å²) in [4.78, 5) is 0. The third-order valence-corrected chi connectivity index (χ3v) is 5.35. The van der Waals surface area contributed by atoms with Gasteiger partial charge in [-0.05, 0) is 69.8 Å². The van der Waals surface area contributed by atoms with Crippen LogP contribution in [0.2, 0.25) is 0 Å². The Bertz CT molecular complexity index is 1030. The Kier molecular flexibility index (Phi) is 5.05. The largest absolute Gasteiger partial charge is 0.0605 e. The first-order valence-electron chi connectivity index (χ1n) is 8.33. The maximum atomic E-state index is 3.54. The highest BCUT2D eigenvalue weighted by Gasteiger charge is 2.04. The van der Waals surface area contributed by atoms with E-state index in [1.54, 1.807) is 0 Å². The van der Waals surface area contributed by atoms with Gasteiger partial charge in [-0.1, -0.05) is 92.5 Å². The second-order valence-corrected chi connectivity index (χ2v) is 7.92. The SMILES string of the molecule is Brc1ccc(-c2cc[c]c(-c3ccc(-c4cccc(Br)c4)cc3)c2)cc1. The molecule has 0 aliphatic rings. The molecule has 0 fully saturated rings. The van der Waals surface area contributed by atoms with Crippen LogP contribution in [0.25, 0.3) is 33.4 Å². The molecule has 0 atom stereocenters. The quantitative estimate of drug-likeness (QED) is 0.289. The molecule has 0 amide bonds. The van der Waals surface area contributed by atoms with E-state index in [2.05, 4.69) is 117 Å². The molecule has 0 saturated heterocycles. The first-order valence-corrected chi connectivity index (χ1v) is 9.92. The minimum Gasteiger partial charge on any atom is -0.0605 e. The van der Waals surface area contributed by atoms with Gasteiger partial charge in [0, 0.05) is 8.95 Å². The minimum absolute atomic E-state index is 1.09. The molecule has 0 aromatic heterocycles. The van der Waals surface area contributed by atoms with E-state index in [0.29, 0.717) is 0 Å². The molecule has 0 unspecified atom stereocenters. The zero-order valence-corrected chi connectivity index (χ0v) is 17.1. The lowest BCUT2D eigenvalue weighted by Crippen LogP contribution is -1.83. The van der Waals surface area contributed by atoms with E-state index in [4.69, 9.17) is 0 Å². The molecule has 4 rings (SSSR count). The van der Waals surface area contributed by atoms with E-state index in [9.17, 15) is 0 Å². The van der Waals surface area contributed by atoms with Crippen molar-refractivity contribution in [1.29, 1.82) is 0 Å². The molecule has 4 aromatic rings. The summed E-state index contributed by atoms with van der Waals surface area (Å²) < 4.78 is 2.18. The molecule has 0 N–H and O–H groups in total. The van der Waals surface area contributed by atoms with Gasteiger partial charge < -0.3 is 0 Å². The van der Waals surface area contributed by atoms with Gasteiger partial charge in [-0.2, -0.15) is 0 Å². The normalized spacial score (nSPS) is 10.7. The highest BCUT2D eigenvalue weighted by atomic mass is 79.9. The van der Waals surface area contributed by atoms with Crippen LogP contribution in [0.1, 0.15) is 0 Å². The van der Waals surface area contributed by atoms with E-state index < -0.39 is 0 Å². The zero-order chi connectivity index (χ0) is 17.9. The van der Waals surface area contributed by atoms with Gasteiger partial charge in [0.1, 0.15) is 0 Å². The van der Waals surface area contributed by atoms with Gasteiger partial charge in [0.15, 0.2) is 0 Å². The predicted molar refractivity (Wildman–Crippen MR) is 117 cm³/mol. The summed E-state index contributed by atoms with van der Waals surface area (Å²) in [6.45, 7) is 0. The van der Waals surface area contributed by atoms with Crippen LogP contribution in [0.15, 0.2) is 99.9 Å². The van der Waals surface area contributed by atoms with Crippen LogP contribution in [-0.4, -0.2) is 0 Å². The van der Waals surface area contributed by atoms with E-state index in [1.165, 1.54) is 27.8 Å². The van der Waals surface area contributed by atoms with Crippen molar-refractivity contribution in [2.75, 3.05) is 0 Å². The molecule has 4 aromatic carbocycles. The van der Waals surface area contributed by atoms with E-state index >= 15 is 0 Å². The smallest absolute Gasteiger partial charge is 0.0181 e. The Morgan fingerprint density at radius 3 is 1.81 bits per heavy atom. The Labute approximate surface area is 170 Å². The fourth-order valence-electron chi connectivity index (χ4n) is 2.97. The molecule has 0 nitrogen and oxygen atoms in total. The Morgan fingerprint density at radius 2 is 1.12 bits per heavy atom. The lowest BCUT2D eigenvalue weighted by atomic mass is 9.97. The van der Waals surface area contributed by atoms with Crippen LogP contribution in [-0.2, 0) is 0 Å². The van der Waals surface area contributed by atoms with Crippen molar-refractivity contribution >= 4 is 31.9 Å². The number of hydrogen-bond donors (Lipinski definition) is 0. The Balaban J connectivity index is 1.65.